The first kappa shape index (κ1) is 63.2. The highest BCUT2D eigenvalue weighted by Gasteiger charge is 2.34. The minimum Gasteiger partial charge on any atom is -0.397 e. The summed E-state index contributed by atoms with van der Waals surface area (Å²) in [5.74, 6) is -2.16. The number of rotatable bonds is 11. The number of nitrogens with zero attached hydrogens (tertiary/aromatic N) is 7. The van der Waals surface area contributed by atoms with Crippen molar-refractivity contribution in [3.63, 3.8) is 0 Å². The van der Waals surface area contributed by atoms with Crippen LogP contribution in [0.1, 0.15) is 71.0 Å². The van der Waals surface area contributed by atoms with Crippen molar-refractivity contribution in [2.75, 3.05) is 38.6 Å². The van der Waals surface area contributed by atoms with E-state index in [0.29, 0.717) is 20.3 Å². The number of alkyl halides is 6. The number of anilines is 1. The summed E-state index contributed by atoms with van der Waals surface area (Å²) in [6.07, 6.45) is -2.24. The van der Waals surface area contributed by atoms with Gasteiger partial charge in [-0.1, -0.05) is 68.2 Å². The van der Waals surface area contributed by atoms with Crippen molar-refractivity contribution < 1.29 is 66.3 Å². The summed E-state index contributed by atoms with van der Waals surface area (Å²) in [4.78, 5) is 32.3. The molecule has 4 aromatic heterocycles. The van der Waals surface area contributed by atoms with Crippen LogP contribution in [0.25, 0.3) is 22.1 Å². The minimum absolute atomic E-state index is 0.0324. The van der Waals surface area contributed by atoms with Gasteiger partial charge in [0.15, 0.2) is 5.78 Å². The van der Waals surface area contributed by atoms with E-state index in [-0.39, 0.29) is 60.9 Å². The minimum atomic E-state index is -4.74. The fourth-order valence-corrected chi connectivity index (χ4v) is 10.4. The Labute approximate surface area is 463 Å². The van der Waals surface area contributed by atoms with E-state index in [2.05, 4.69) is 45.8 Å². The zero-order chi connectivity index (χ0) is 58.5. The molecule has 0 spiro atoms. The van der Waals surface area contributed by atoms with Crippen LogP contribution in [0.3, 0.4) is 0 Å². The van der Waals surface area contributed by atoms with Gasteiger partial charge in [-0.3, -0.25) is 19.6 Å². The van der Waals surface area contributed by atoms with E-state index in [1.807, 2.05) is 0 Å². The number of ether oxygens (including phenoxy) is 1. The number of Topliss-reactive ketones (excluding diaryl/α,β-unsaturated/α-hetero) is 1. The van der Waals surface area contributed by atoms with Crippen LogP contribution in [0.2, 0.25) is 10.0 Å². The molecular formula is C51H47Cl3F8N8O7S2. The van der Waals surface area contributed by atoms with E-state index in [4.69, 9.17) is 45.3 Å². The number of ketones is 1. The Bertz CT molecular complexity index is 3600. The van der Waals surface area contributed by atoms with Gasteiger partial charge in [0, 0.05) is 25.8 Å². The highest BCUT2D eigenvalue weighted by atomic mass is 35.5. The van der Waals surface area contributed by atoms with Gasteiger partial charge in [0.05, 0.1) is 66.4 Å². The maximum atomic E-state index is 14.0. The Morgan fingerprint density at radius 2 is 1.06 bits per heavy atom. The average Bonchev–Trinajstić information content (AvgIpc) is 4.45. The molecule has 0 bridgehead atoms. The van der Waals surface area contributed by atoms with Gasteiger partial charge in [-0.2, -0.15) is 61.5 Å². The molecule has 8 aromatic rings. The molecule has 28 heteroatoms. The standard InChI is InChI=1S/C21H12ClF4N3O3S.C13H9F3N4O2S.C7H3Cl2FO.C6H15N.C4H8O/c22-15-5-2-6-16(23)20(15)19(30)8-12-7-18-17(27-10-12)11-28-29(18)33(31,32)14-4-1-3-13(9-14)21(24,25)26;14-13(15,16)8-2-1-3-10(4-8)23(21,22)20-12-5-9(17)6-18-11(12)7-19-20;8-4-2-1-3-5(10)6(4)7(9)11;1-4-7(5-2)6-3;1-2-4-5-3-1/h1-7,9-11H,8H2;1-7H,17H2;1-3H;4-6H2,1-3H3;1-4H2. The van der Waals surface area contributed by atoms with Gasteiger partial charge in [0.1, 0.15) is 33.7 Å². The molecule has 0 unspecified atom stereocenters. The molecule has 1 aliphatic rings. The average molecular weight is 1210 g/mol. The smallest absolute Gasteiger partial charge is 0.397 e. The van der Waals surface area contributed by atoms with Gasteiger partial charge >= 0.3 is 12.4 Å². The molecule has 1 aliphatic heterocycles. The maximum absolute atomic E-state index is 14.0. The number of fused-ring (bicyclic) bond motifs is 2. The molecule has 0 amide bonds. The van der Waals surface area contributed by atoms with E-state index in [1.54, 1.807) is 0 Å². The number of carbonyl (C=O) groups excluding carboxylic acids is 2. The lowest BCUT2D eigenvalue weighted by Gasteiger charge is -2.13. The van der Waals surface area contributed by atoms with Gasteiger partial charge in [-0.25, -0.2) is 8.78 Å². The molecule has 0 radical (unpaired) electrons. The second-order valence-electron chi connectivity index (χ2n) is 16.5. The zero-order valence-corrected chi connectivity index (χ0v) is 45.6. The Kier molecular flexibility index (Phi) is 22.0. The molecule has 422 valence electrons. The van der Waals surface area contributed by atoms with E-state index in [0.717, 1.165) is 67.9 Å². The van der Waals surface area contributed by atoms with Crippen LogP contribution < -0.4 is 5.73 Å². The molecule has 0 atom stereocenters. The second kappa shape index (κ2) is 27.5. The predicted molar refractivity (Wildman–Crippen MR) is 282 cm³/mol. The summed E-state index contributed by atoms with van der Waals surface area (Å²) in [5, 5.41) is 6.54. The zero-order valence-electron chi connectivity index (χ0n) is 41.7. The molecule has 0 aliphatic carbocycles. The third-order valence-electron chi connectivity index (χ3n) is 11.2. The van der Waals surface area contributed by atoms with Crippen molar-refractivity contribution in [3.05, 3.63) is 171 Å². The van der Waals surface area contributed by atoms with Gasteiger partial charge < -0.3 is 15.4 Å². The molecule has 4 aromatic carbocycles. The summed E-state index contributed by atoms with van der Waals surface area (Å²) < 4.78 is 161. The summed E-state index contributed by atoms with van der Waals surface area (Å²) in [5.41, 5.74) is 3.64. The number of carbonyl (C=O) groups is 2. The first-order valence-electron chi connectivity index (χ1n) is 23.3. The highest BCUT2D eigenvalue weighted by molar-refractivity contribution is 7.90. The van der Waals surface area contributed by atoms with Crippen LogP contribution in [-0.4, -0.2) is 93.9 Å². The quantitative estimate of drug-likeness (QED) is 0.0728. The van der Waals surface area contributed by atoms with Gasteiger partial charge in [-0.15, -0.1) is 0 Å². The van der Waals surface area contributed by atoms with Crippen molar-refractivity contribution in [2.24, 2.45) is 0 Å². The number of aromatic nitrogens is 6. The molecule has 1 fully saturated rings. The van der Waals surface area contributed by atoms with Crippen molar-refractivity contribution in [3.8, 4) is 0 Å². The topological polar surface area (TPSA) is 202 Å². The lowest BCUT2D eigenvalue weighted by atomic mass is 10.0. The van der Waals surface area contributed by atoms with E-state index < -0.39 is 76.0 Å². The largest absolute Gasteiger partial charge is 0.416 e. The number of pyridine rings is 2. The highest BCUT2D eigenvalue weighted by Crippen LogP contribution is 2.33. The third-order valence-corrected chi connectivity index (χ3v) is 15.2. The SMILES string of the molecule is C1CCOC1.CCN(CC)CC.Nc1cnc2cnn(S(=O)(=O)c3cccc(C(F)(F)F)c3)c2c1.O=C(Cc1cnc2cnn(S(=O)(=O)c3cccc(C(F)(F)F)c3)c2c1)c1c(F)cccc1Cl.O=C(Cl)c1c(F)cccc1Cl. The molecule has 79 heavy (non-hydrogen) atoms. The van der Waals surface area contributed by atoms with Crippen LogP contribution in [0.4, 0.5) is 40.8 Å². The fourth-order valence-electron chi connectivity index (χ4n) is 7.08. The van der Waals surface area contributed by atoms with Crippen LogP contribution >= 0.6 is 34.8 Å². The summed E-state index contributed by atoms with van der Waals surface area (Å²) in [7, 11) is -8.83. The van der Waals surface area contributed by atoms with E-state index in [9.17, 15) is 61.5 Å². The van der Waals surface area contributed by atoms with Crippen molar-refractivity contribution in [2.45, 2.75) is 62.2 Å². The number of nitrogen functional groups attached to an aromatic ring is 1. The lowest BCUT2D eigenvalue weighted by molar-refractivity contribution is -0.138. The molecule has 5 heterocycles. The number of hydrogen-bond acceptors (Lipinski definition) is 13. The molecule has 9 rings (SSSR count). The van der Waals surface area contributed by atoms with Gasteiger partial charge in [-0.05, 0) is 122 Å². The monoisotopic (exact) mass is 1200 g/mol. The number of nitrogens with two attached hydrogens (primary N) is 1. The first-order valence-corrected chi connectivity index (χ1v) is 27.4. The molecule has 1 saturated heterocycles. The van der Waals surface area contributed by atoms with Crippen molar-refractivity contribution in [1.82, 2.24) is 33.2 Å². The molecule has 15 nitrogen and oxygen atoms in total. The number of benzene rings is 4. The fraction of sp³-hybridized carbons (Fsp3) is 0.255. The van der Waals surface area contributed by atoms with Crippen molar-refractivity contribution in [1.29, 1.82) is 0 Å². The molecular weight excluding hydrogens is 1160 g/mol. The molecule has 0 saturated carbocycles. The predicted octanol–water partition coefficient (Wildman–Crippen LogP) is 12.2. The number of halogens is 11. The van der Waals surface area contributed by atoms with Crippen LogP contribution in [0.15, 0.2) is 132 Å². The Morgan fingerprint density at radius 1 is 0.633 bits per heavy atom. The summed E-state index contributed by atoms with van der Waals surface area (Å²) in [6, 6.07) is 17.0. The Balaban J connectivity index is 0.000000213. The normalized spacial score (nSPS) is 12.6. The molecule has 2 N–H and O–H groups in total. The Morgan fingerprint density at radius 3 is 1.44 bits per heavy atom. The number of hydrogen-bond donors (Lipinski definition) is 1. The van der Waals surface area contributed by atoms with Gasteiger partial charge in [0.25, 0.3) is 25.3 Å². The van der Waals surface area contributed by atoms with E-state index >= 15 is 0 Å². The van der Waals surface area contributed by atoms with Crippen LogP contribution in [-0.2, 0) is 43.6 Å². The summed E-state index contributed by atoms with van der Waals surface area (Å²) >= 11 is 16.4. The third kappa shape index (κ3) is 16.5. The maximum Gasteiger partial charge on any atom is 0.416 e. The van der Waals surface area contributed by atoms with Gasteiger partial charge in [0.2, 0.25) is 0 Å². The van der Waals surface area contributed by atoms with Crippen LogP contribution in [0, 0.1) is 11.6 Å². The first-order chi connectivity index (χ1) is 37.1. The summed E-state index contributed by atoms with van der Waals surface area (Å²) in [6.45, 7) is 12.1. The van der Waals surface area contributed by atoms with E-state index in [1.165, 1.54) is 87.5 Å². The van der Waals surface area contributed by atoms with Crippen LogP contribution in [0.5, 0.6) is 0 Å². The van der Waals surface area contributed by atoms with Crippen molar-refractivity contribution >= 4 is 93.6 Å². The Hall–Kier alpha value is -6.61. The second-order valence-corrected chi connectivity index (χ2v) is 21.2. The lowest BCUT2D eigenvalue weighted by Crippen LogP contribution is -2.21.